The third kappa shape index (κ3) is 4.58. The summed E-state index contributed by atoms with van der Waals surface area (Å²) in [6.07, 6.45) is 18.4. The standard InChI is InChI=1S/C33H40/c1-7-12-22(4)31-23(5)19-30-21-29(24(6)32(30)33(31)28-13-10-11-14-28)20-25-15-17-27(18-16-25)26(8-2)9-3/h10-11,13,15-20,26,32-33H,4,6-9,12,14,21H2,1-3,5H3. The minimum Gasteiger partial charge on any atom is -0.0955 e. The molecule has 1 aromatic carbocycles. The third-order valence-corrected chi connectivity index (χ3v) is 7.92. The summed E-state index contributed by atoms with van der Waals surface area (Å²) in [5, 5.41) is 0. The molecular formula is C33H40. The van der Waals surface area contributed by atoms with Crippen molar-refractivity contribution in [2.45, 2.75) is 72.1 Å². The van der Waals surface area contributed by atoms with Gasteiger partial charge in [0.1, 0.15) is 0 Å². The van der Waals surface area contributed by atoms with Crippen molar-refractivity contribution in [3.05, 3.63) is 112 Å². The van der Waals surface area contributed by atoms with Crippen molar-refractivity contribution in [2.24, 2.45) is 11.8 Å². The number of fused-ring (bicyclic) bond motifs is 1. The van der Waals surface area contributed by atoms with E-state index in [0.717, 1.165) is 25.7 Å². The molecule has 0 heterocycles. The van der Waals surface area contributed by atoms with Gasteiger partial charge >= 0.3 is 0 Å². The Morgan fingerprint density at radius 2 is 1.79 bits per heavy atom. The summed E-state index contributed by atoms with van der Waals surface area (Å²) in [5.41, 5.74) is 12.7. The van der Waals surface area contributed by atoms with Gasteiger partial charge in [-0.05, 0) is 78.4 Å². The fourth-order valence-corrected chi connectivity index (χ4v) is 6.19. The highest BCUT2D eigenvalue weighted by Gasteiger charge is 2.41. The topological polar surface area (TPSA) is 0 Å². The summed E-state index contributed by atoms with van der Waals surface area (Å²) in [4.78, 5) is 0. The second-order valence-electron chi connectivity index (χ2n) is 10.1. The van der Waals surface area contributed by atoms with Crippen molar-refractivity contribution in [1.82, 2.24) is 0 Å². The van der Waals surface area contributed by atoms with Crippen LogP contribution in [-0.2, 0) is 0 Å². The maximum Gasteiger partial charge on any atom is 0.0166 e. The van der Waals surface area contributed by atoms with E-state index in [9.17, 15) is 0 Å². The van der Waals surface area contributed by atoms with E-state index >= 15 is 0 Å². The molecule has 0 aliphatic heterocycles. The van der Waals surface area contributed by atoms with E-state index in [-0.39, 0.29) is 0 Å². The molecule has 1 saturated carbocycles. The van der Waals surface area contributed by atoms with Crippen LogP contribution < -0.4 is 0 Å². The average molecular weight is 437 g/mol. The molecule has 0 saturated heterocycles. The number of hydrogen-bond acceptors (Lipinski definition) is 0. The maximum atomic E-state index is 4.67. The van der Waals surface area contributed by atoms with Crippen molar-refractivity contribution in [2.75, 3.05) is 0 Å². The normalized spacial score (nSPS) is 23.4. The lowest BCUT2D eigenvalue weighted by Gasteiger charge is -2.35. The van der Waals surface area contributed by atoms with Crippen LogP contribution in [0.4, 0.5) is 0 Å². The van der Waals surface area contributed by atoms with Crippen molar-refractivity contribution in [3.8, 4) is 0 Å². The molecule has 33 heavy (non-hydrogen) atoms. The minimum absolute atomic E-state index is 0.374. The van der Waals surface area contributed by atoms with Crippen molar-refractivity contribution in [1.29, 1.82) is 0 Å². The highest BCUT2D eigenvalue weighted by molar-refractivity contribution is 5.67. The van der Waals surface area contributed by atoms with Gasteiger partial charge in [0.25, 0.3) is 0 Å². The van der Waals surface area contributed by atoms with Gasteiger partial charge in [-0.3, -0.25) is 0 Å². The lowest BCUT2D eigenvalue weighted by molar-refractivity contribution is 0.555. The summed E-state index contributed by atoms with van der Waals surface area (Å²) in [6.45, 7) is 18.3. The van der Waals surface area contributed by atoms with Gasteiger partial charge in [-0.1, -0.05) is 112 Å². The van der Waals surface area contributed by atoms with Crippen LogP contribution in [0.2, 0.25) is 0 Å². The fraction of sp³-hybridized carbons (Fsp3) is 0.394. The lowest BCUT2D eigenvalue weighted by Crippen LogP contribution is -2.24. The van der Waals surface area contributed by atoms with Crippen LogP contribution in [0.15, 0.2) is 101 Å². The number of allylic oxidation sites excluding steroid dienone is 11. The first kappa shape index (κ1) is 23.6. The zero-order chi connectivity index (χ0) is 23.5. The lowest BCUT2D eigenvalue weighted by atomic mass is 9.68. The molecule has 0 amide bonds. The Labute approximate surface area is 201 Å². The highest BCUT2D eigenvalue weighted by atomic mass is 14.4. The highest BCUT2D eigenvalue weighted by Crippen LogP contribution is 2.54. The Hall–Kier alpha value is -2.60. The van der Waals surface area contributed by atoms with Gasteiger partial charge in [0, 0.05) is 11.8 Å². The molecule has 3 aliphatic carbocycles. The fourth-order valence-electron chi connectivity index (χ4n) is 6.19. The molecule has 172 valence electrons. The molecule has 0 N–H and O–H groups in total. The molecule has 2 atom stereocenters. The van der Waals surface area contributed by atoms with E-state index in [4.69, 9.17) is 0 Å². The van der Waals surface area contributed by atoms with Crippen LogP contribution in [0.3, 0.4) is 0 Å². The third-order valence-electron chi connectivity index (χ3n) is 7.92. The largest absolute Gasteiger partial charge is 0.0955 e. The Kier molecular flexibility index (Phi) is 7.23. The molecule has 1 fully saturated rings. The van der Waals surface area contributed by atoms with Crippen molar-refractivity contribution < 1.29 is 0 Å². The van der Waals surface area contributed by atoms with E-state index in [1.807, 2.05) is 0 Å². The molecule has 4 rings (SSSR count). The minimum atomic E-state index is 0.374. The maximum absolute atomic E-state index is 4.67. The number of benzene rings is 1. The summed E-state index contributed by atoms with van der Waals surface area (Å²) in [5.74, 6) is 1.42. The molecule has 0 nitrogen and oxygen atoms in total. The first-order valence-corrected chi connectivity index (χ1v) is 12.9. The van der Waals surface area contributed by atoms with Crippen LogP contribution in [0.25, 0.3) is 6.08 Å². The average Bonchev–Trinajstić information content (AvgIpc) is 3.44. The summed E-state index contributed by atoms with van der Waals surface area (Å²) < 4.78 is 0. The smallest absolute Gasteiger partial charge is 0.0166 e. The van der Waals surface area contributed by atoms with Crippen LogP contribution in [0.1, 0.15) is 83.3 Å². The predicted molar refractivity (Wildman–Crippen MR) is 145 cm³/mol. The zero-order valence-electron chi connectivity index (χ0n) is 21.1. The second kappa shape index (κ2) is 10.1. The predicted octanol–water partition coefficient (Wildman–Crippen LogP) is 9.66. The molecule has 0 heteroatoms. The SMILES string of the molecule is C=C(CCC)C1=C(C)C=C2CC(=Cc3ccc(C(CC)CC)cc3)C(=C)C2C1C1=CC=CC1. The summed E-state index contributed by atoms with van der Waals surface area (Å²) in [6, 6.07) is 9.24. The molecule has 0 bridgehead atoms. The Balaban J connectivity index is 1.66. The first-order chi connectivity index (χ1) is 16.0. The molecular weight excluding hydrogens is 396 g/mol. The Bertz CT molecular complexity index is 1070. The number of hydrogen-bond donors (Lipinski definition) is 0. The Morgan fingerprint density at radius 1 is 1.06 bits per heavy atom. The zero-order valence-corrected chi connectivity index (χ0v) is 21.1. The van der Waals surface area contributed by atoms with Gasteiger partial charge in [0.2, 0.25) is 0 Å². The van der Waals surface area contributed by atoms with E-state index in [2.05, 4.69) is 95.5 Å². The first-order valence-electron chi connectivity index (χ1n) is 12.9. The van der Waals surface area contributed by atoms with Gasteiger partial charge < -0.3 is 0 Å². The van der Waals surface area contributed by atoms with E-state index in [1.54, 1.807) is 0 Å². The second-order valence-corrected chi connectivity index (χ2v) is 10.1. The molecule has 0 spiro atoms. The molecule has 2 unspecified atom stereocenters. The van der Waals surface area contributed by atoms with Gasteiger partial charge in [0.05, 0.1) is 0 Å². The van der Waals surface area contributed by atoms with E-state index in [0.29, 0.717) is 17.8 Å². The van der Waals surface area contributed by atoms with Crippen LogP contribution in [0, 0.1) is 11.8 Å². The van der Waals surface area contributed by atoms with Gasteiger partial charge in [0.15, 0.2) is 0 Å². The van der Waals surface area contributed by atoms with Crippen molar-refractivity contribution in [3.63, 3.8) is 0 Å². The molecule has 0 radical (unpaired) electrons. The van der Waals surface area contributed by atoms with E-state index < -0.39 is 0 Å². The van der Waals surface area contributed by atoms with E-state index in [1.165, 1.54) is 63.0 Å². The van der Waals surface area contributed by atoms with Crippen LogP contribution >= 0.6 is 0 Å². The molecule has 3 aliphatic rings. The Morgan fingerprint density at radius 3 is 2.39 bits per heavy atom. The van der Waals surface area contributed by atoms with Crippen molar-refractivity contribution >= 4 is 6.08 Å². The van der Waals surface area contributed by atoms with Gasteiger partial charge in [-0.15, -0.1) is 0 Å². The molecule has 0 aromatic heterocycles. The summed E-state index contributed by atoms with van der Waals surface area (Å²) >= 11 is 0. The molecule has 1 aromatic rings. The van der Waals surface area contributed by atoms with Crippen LogP contribution in [-0.4, -0.2) is 0 Å². The van der Waals surface area contributed by atoms with Crippen LogP contribution in [0.5, 0.6) is 0 Å². The van der Waals surface area contributed by atoms with Gasteiger partial charge in [-0.2, -0.15) is 0 Å². The van der Waals surface area contributed by atoms with Gasteiger partial charge in [-0.25, -0.2) is 0 Å². The monoisotopic (exact) mass is 436 g/mol. The summed E-state index contributed by atoms with van der Waals surface area (Å²) in [7, 11) is 0. The quantitative estimate of drug-likeness (QED) is 0.380. The number of rotatable bonds is 8.